The highest BCUT2D eigenvalue weighted by molar-refractivity contribution is 7.99. The summed E-state index contributed by atoms with van der Waals surface area (Å²) in [6.45, 7) is 4.68. The maximum absolute atomic E-state index is 12.8. The number of aromatic nitrogens is 2. The number of para-hydroxylation sites is 1. The lowest BCUT2D eigenvalue weighted by molar-refractivity contribution is -0.119. The standard InChI is InChI=1S/C18H21N5OS/c24-17(23-12-13-25-16-5-2-1-4-15(16)23)14-21-8-10-22(11-9-21)18-19-6-3-7-20-18/h1-7H,8-14H2. The zero-order valence-corrected chi connectivity index (χ0v) is 14.9. The fraction of sp³-hybridized carbons (Fsp3) is 0.389. The second-order valence-corrected chi connectivity index (χ2v) is 7.31. The Balaban J connectivity index is 1.35. The molecule has 2 aromatic rings. The molecule has 3 heterocycles. The van der Waals surface area contributed by atoms with Crippen molar-refractivity contribution in [2.75, 3.05) is 54.8 Å². The van der Waals surface area contributed by atoms with Crippen LogP contribution in [0.15, 0.2) is 47.6 Å². The predicted octanol–water partition coefficient (Wildman–Crippen LogP) is 1.74. The number of carbonyl (C=O) groups is 1. The van der Waals surface area contributed by atoms with Gasteiger partial charge in [-0.15, -0.1) is 11.8 Å². The normalized spacial score (nSPS) is 18.1. The van der Waals surface area contributed by atoms with E-state index in [1.165, 1.54) is 4.90 Å². The zero-order chi connectivity index (χ0) is 17.1. The number of rotatable bonds is 3. The van der Waals surface area contributed by atoms with E-state index in [-0.39, 0.29) is 5.91 Å². The first kappa shape index (κ1) is 16.4. The lowest BCUT2D eigenvalue weighted by Gasteiger charge is -2.36. The quantitative estimate of drug-likeness (QED) is 0.836. The Kier molecular flexibility index (Phi) is 4.85. The summed E-state index contributed by atoms with van der Waals surface area (Å²) < 4.78 is 0. The average molecular weight is 355 g/mol. The molecule has 0 unspecified atom stereocenters. The highest BCUT2D eigenvalue weighted by Gasteiger charge is 2.26. The Morgan fingerprint density at radius 2 is 1.76 bits per heavy atom. The van der Waals surface area contributed by atoms with Crippen LogP contribution in [0, 0.1) is 0 Å². The molecule has 1 aromatic carbocycles. The van der Waals surface area contributed by atoms with Gasteiger partial charge < -0.3 is 9.80 Å². The lowest BCUT2D eigenvalue weighted by Crippen LogP contribution is -2.51. The Bertz CT molecular complexity index is 733. The molecular weight excluding hydrogens is 334 g/mol. The molecule has 2 aliphatic heterocycles. The number of nitrogens with zero attached hydrogens (tertiary/aromatic N) is 5. The number of fused-ring (bicyclic) bond motifs is 1. The summed E-state index contributed by atoms with van der Waals surface area (Å²) >= 11 is 1.83. The molecule has 1 amide bonds. The van der Waals surface area contributed by atoms with Crippen LogP contribution in [0.2, 0.25) is 0 Å². The van der Waals surface area contributed by atoms with E-state index in [4.69, 9.17) is 0 Å². The fourth-order valence-electron chi connectivity index (χ4n) is 3.27. The third-order valence-electron chi connectivity index (χ3n) is 4.60. The van der Waals surface area contributed by atoms with Crippen LogP contribution in [0.5, 0.6) is 0 Å². The van der Waals surface area contributed by atoms with Crippen molar-refractivity contribution in [2.45, 2.75) is 4.90 Å². The van der Waals surface area contributed by atoms with Gasteiger partial charge in [-0.3, -0.25) is 9.69 Å². The molecule has 1 fully saturated rings. The number of piperazine rings is 1. The van der Waals surface area contributed by atoms with Gasteiger partial charge in [0.15, 0.2) is 0 Å². The van der Waals surface area contributed by atoms with E-state index in [2.05, 4.69) is 25.8 Å². The van der Waals surface area contributed by atoms with E-state index < -0.39 is 0 Å². The maximum atomic E-state index is 12.8. The van der Waals surface area contributed by atoms with Gasteiger partial charge in [-0.05, 0) is 18.2 Å². The summed E-state index contributed by atoms with van der Waals surface area (Å²) in [5.41, 5.74) is 1.06. The third kappa shape index (κ3) is 3.62. The van der Waals surface area contributed by atoms with Crippen LogP contribution in [-0.2, 0) is 4.79 Å². The van der Waals surface area contributed by atoms with Gasteiger partial charge in [0, 0.05) is 55.8 Å². The van der Waals surface area contributed by atoms with E-state index in [9.17, 15) is 4.79 Å². The minimum atomic E-state index is 0.192. The topological polar surface area (TPSA) is 52.6 Å². The highest BCUT2D eigenvalue weighted by Crippen LogP contribution is 2.34. The molecule has 1 saturated heterocycles. The van der Waals surface area contributed by atoms with E-state index in [0.29, 0.717) is 6.54 Å². The van der Waals surface area contributed by atoms with Crippen LogP contribution in [0.1, 0.15) is 0 Å². The van der Waals surface area contributed by atoms with Crippen LogP contribution in [0.3, 0.4) is 0 Å². The molecule has 6 nitrogen and oxygen atoms in total. The second kappa shape index (κ2) is 7.41. The molecule has 4 rings (SSSR count). The minimum absolute atomic E-state index is 0.192. The lowest BCUT2D eigenvalue weighted by atomic mass is 10.2. The van der Waals surface area contributed by atoms with Gasteiger partial charge in [-0.1, -0.05) is 12.1 Å². The number of carbonyl (C=O) groups excluding carboxylic acids is 1. The molecule has 0 atom stereocenters. The number of hydrogen-bond donors (Lipinski definition) is 0. The second-order valence-electron chi connectivity index (χ2n) is 6.17. The Morgan fingerprint density at radius 1 is 1.00 bits per heavy atom. The molecule has 130 valence electrons. The third-order valence-corrected chi connectivity index (χ3v) is 5.64. The largest absolute Gasteiger partial charge is 0.338 e. The van der Waals surface area contributed by atoms with E-state index in [1.54, 1.807) is 12.4 Å². The fourth-order valence-corrected chi connectivity index (χ4v) is 4.26. The summed E-state index contributed by atoms with van der Waals surface area (Å²) in [4.78, 5) is 29.0. The monoisotopic (exact) mass is 355 g/mol. The highest BCUT2D eigenvalue weighted by atomic mass is 32.2. The predicted molar refractivity (Wildman–Crippen MR) is 100 cm³/mol. The first-order chi connectivity index (χ1) is 12.3. The van der Waals surface area contributed by atoms with E-state index in [0.717, 1.165) is 50.1 Å². The zero-order valence-electron chi connectivity index (χ0n) is 14.0. The van der Waals surface area contributed by atoms with Gasteiger partial charge in [-0.2, -0.15) is 0 Å². The van der Waals surface area contributed by atoms with Crippen LogP contribution in [0.4, 0.5) is 11.6 Å². The molecule has 0 aliphatic carbocycles. The SMILES string of the molecule is O=C(CN1CCN(c2ncccn2)CC1)N1CCSc2ccccc21. The minimum Gasteiger partial charge on any atom is -0.338 e. The Morgan fingerprint density at radius 3 is 2.56 bits per heavy atom. The van der Waals surface area contributed by atoms with Crippen molar-refractivity contribution < 1.29 is 4.79 Å². The van der Waals surface area contributed by atoms with Crippen LogP contribution in [-0.4, -0.2) is 65.8 Å². The number of benzene rings is 1. The first-order valence-corrected chi connectivity index (χ1v) is 9.56. The molecule has 0 saturated carbocycles. The van der Waals surface area contributed by atoms with Gasteiger partial charge in [0.05, 0.1) is 12.2 Å². The van der Waals surface area contributed by atoms with E-state index in [1.807, 2.05) is 40.9 Å². The van der Waals surface area contributed by atoms with Crippen molar-refractivity contribution >= 4 is 29.3 Å². The summed E-state index contributed by atoms with van der Waals surface area (Å²) in [5.74, 6) is 1.93. The Hall–Kier alpha value is -2.12. The smallest absolute Gasteiger partial charge is 0.241 e. The van der Waals surface area contributed by atoms with Gasteiger partial charge in [-0.25, -0.2) is 9.97 Å². The number of anilines is 2. The summed E-state index contributed by atoms with van der Waals surface area (Å²) in [6.07, 6.45) is 3.54. The van der Waals surface area contributed by atoms with Crippen molar-refractivity contribution in [3.8, 4) is 0 Å². The number of amides is 1. The average Bonchev–Trinajstić information content (AvgIpc) is 2.69. The number of hydrogen-bond acceptors (Lipinski definition) is 6. The van der Waals surface area contributed by atoms with Crippen molar-refractivity contribution in [3.63, 3.8) is 0 Å². The number of thioether (sulfide) groups is 1. The molecule has 2 aliphatic rings. The summed E-state index contributed by atoms with van der Waals surface area (Å²) in [6, 6.07) is 10.0. The molecule has 0 spiro atoms. The van der Waals surface area contributed by atoms with Gasteiger partial charge in [0.25, 0.3) is 0 Å². The Labute approximate surface area is 151 Å². The van der Waals surface area contributed by atoms with Crippen LogP contribution in [0.25, 0.3) is 0 Å². The van der Waals surface area contributed by atoms with Gasteiger partial charge >= 0.3 is 0 Å². The molecule has 0 bridgehead atoms. The van der Waals surface area contributed by atoms with Crippen molar-refractivity contribution in [2.24, 2.45) is 0 Å². The summed E-state index contributed by atoms with van der Waals surface area (Å²) in [5, 5.41) is 0. The molecule has 1 aromatic heterocycles. The molecule has 0 radical (unpaired) electrons. The van der Waals surface area contributed by atoms with Crippen LogP contribution >= 0.6 is 11.8 Å². The van der Waals surface area contributed by atoms with Crippen molar-refractivity contribution in [3.05, 3.63) is 42.7 Å². The van der Waals surface area contributed by atoms with Crippen LogP contribution < -0.4 is 9.80 Å². The van der Waals surface area contributed by atoms with Crippen molar-refractivity contribution in [1.82, 2.24) is 14.9 Å². The van der Waals surface area contributed by atoms with E-state index >= 15 is 0 Å². The molecule has 25 heavy (non-hydrogen) atoms. The van der Waals surface area contributed by atoms with Gasteiger partial charge in [0.1, 0.15) is 0 Å². The first-order valence-electron chi connectivity index (χ1n) is 8.58. The molecule has 0 N–H and O–H groups in total. The molecular formula is C18H21N5OS. The maximum Gasteiger partial charge on any atom is 0.241 e. The molecule has 7 heteroatoms. The van der Waals surface area contributed by atoms with Gasteiger partial charge in [0.2, 0.25) is 11.9 Å². The van der Waals surface area contributed by atoms with Crippen molar-refractivity contribution in [1.29, 1.82) is 0 Å². The summed E-state index contributed by atoms with van der Waals surface area (Å²) in [7, 11) is 0.